The van der Waals surface area contributed by atoms with Gasteiger partial charge >= 0.3 is 0 Å². The van der Waals surface area contributed by atoms with Crippen LogP contribution >= 0.6 is 0 Å². The van der Waals surface area contributed by atoms with Gasteiger partial charge in [-0.05, 0) is 38.1 Å². The first kappa shape index (κ1) is 10.6. The van der Waals surface area contributed by atoms with E-state index in [1.165, 1.54) is 18.5 Å². The van der Waals surface area contributed by atoms with Gasteiger partial charge in [0.1, 0.15) is 5.65 Å². The number of piperidine rings is 1. The van der Waals surface area contributed by atoms with Crippen LogP contribution in [0.1, 0.15) is 24.5 Å². The lowest BCUT2D eigenvalue weighted by atomic mass is 9.95. The number of hydrogen-bond acceptors (Lipinski definition) is 3. The van der Waals surface area contributed by atoms with Gasteiger partial charge in [-0.3, -0.25) is 4.40 Å². The molecule has 4 nitrogen and oxygen atoms in total. The van der Waals surface area contributed by atoms with E-state index >= 15 is 0 Å². The molecule has 1 fully saturated rings. The van der Waals surface area contributed by atoms with Crippen LogP contribution in [0.5, 0.6) is 5.88 Å². The molecule has 0 aromatic carbocycles. The van der Waals surface area contributed by atoms with Crippen LogP contribution in [0.3, 0.4) is 0 Å². The molecule has 2 aromatic heterocycles. The van der Waals surface area contributed by atoms with Crippen molar-refractivity contribution in [1.29, 1.82) is 0 Å². The highest BCUT2D eigenvalue weighted by atomic mass is 16.5. The van der Waals surface area contributed by atoms with Gasteiger partial charge in [0.15, 0.2) is 5.88 Å². The molecule has 0 atom stereocenters. The number of nitrogens with one attached hydrogen (secondary N) is 1. The maximum atomic E-state index is 5.42. The highest BCUT2D eigenvalue weighted by Gasteiger charge is 2.20. The van der Waals surface area contributed by atoms with Gasteiger partial charge in [-0.1, -0.05) is 6.07 Å². The molecule has 3 heterocycles. The van der Waals surface area contributed by atoms with Crippen molar-refractivity contribution >= 4 is 5.65 Å². The minimum atomic E-state index is 0.586. The molecular weight excluding hydrogens is 214 g/mol. The fourth-order valence-electron chi connectivity index (χ4n) is 2.59. The molecule has 4 heteroatoms. The molecule has 0 saturated carbocycles. The second-order valence-electron chi connectivity index (χ2n) is 4.47. The van der Waals surface area contributed by atoms with Gasteiger partial charge in [-0.15, -0.1) is 0 Å². The van der Waals surface area contributed by atoms with Crippen molar-refractivity contribution in [2.75, 3.05) is 20.2 Å². The number of methoxy groups -OCH3 is 1. The molecule has 17 heavy (non-hydrogen) atoms. The summed E-state index contributed by atoms with van der Waals surface area (Å²) in [6.45, 7) is 2.18. The number of rotatable bonds is 2. The molecule has 3 rings (SSSR count). The Hall–Kier alpha value is -1.55. The van der Waals surface area contributed by atoms with E-state index in [9.17, 15) is 0 Å². The number of ether oxygens (including phenoxy) is 1. The second-order valence-corrected chi connectivity index (χ2v) is 4.47. The molecule has 0 radical (unpaired) electrons. The van der Waals surface area contributed by atoms with E-state index < -0.39 is 0 Å². The van der Waals surface area contributed by atoms with E-state index in [0.29, 0.717) is 5.92 Å². The predicted octanol–water partition coefficient (Wildman–Crippen LogP) is 1.81. The number of fused-ring (bicyclic) bond motifs is 1. The van der Waals surface area contributed by atoms with E-state index in [1.54, 1.807) is 7.11 Å². The van der Waals surface area contributed by atoms with Crippen molar-refractivity contribution < 1.29 is 4.74 Å². The summed E-state index contributed by atoms with van der Waals surface area (Å²) in [7, 11) is 1.71. The molecule has 1 saturated heterocycles. The molecular formula is C13H17N3O. The molecule has 0 bridgehead atoms. The van der Waals surface area contributed by atoms with E-state index in [-0.39, 0.29) is 0 Å². The summed E-state index contributed by atoms with van der Waals surface area (Å²) in [4.78, 5) is 4.47. The standard InChI is InChI=1S/C13H17N3O/c1-17-13-4-2-3-12-15-9-11(16(12)13)10-5-7-14-8-6-10/h2-4,9-10,14H,5-8H2,1H3. The highest BCUT2D eigenvalue weighted by molar-refractivity contribution is 5.45. The zero-order valence-corrected chi connectivity index (χ0v) is 10.0. The Morgan fingerprint density at radius 2 is 2.18 bits per heavy atom. The third-order valence-corrected chi connectivity index (χ3v) is 3.49. The molecule has 1 aliphatic heterocycles. The summed E-state index contributed by atoms with van der Waals surface area (Å²) in [5.41, 5.74) is 2.25. The van der Waals surface area contributed by atoms with Crippen molar-refractivity contribution in [2.45, 2.75) is 18.8 Å². The number of imidazole rings is 1. The Labute approximate surface area is 101 Å². The van der Waals surface area contributed by atoms with Crippen LogP contribution in [-0.4, -0.2) is 29.6 Å². The quantitative estimate of drug-likeness (QED) is 0.856. The Morgan fingerprint density at radius 3 is 2.94 bits per heavy atom. The molecule has 0 spiro atoms. The largest absolute Gasteiger partial charge is 0.482 e. The zero-order valence-electron chi connectivity index (χ0n) is 10.0. The number of nitrogens with zero attached hydrogens (tertiary/aromatic N) is 2. The topological polar surface area (TPSA) is 38.6 Å². The molecule has 0 amide bonds. The van der Waals surface area contributed by atoms with Crippen molar-refractivity contribution in [2.24, 2.45) is 0 Å². The Morgan fingerprint density at radius 1 is 1.35 bits per heavy atom. The fourth-order valence-corrected chi connectivity index (χ4v) is 2.59. The lowest BCUT2D eigenvalue weighted by Gasteiger charge is -2.22. The van der Waals surface area contributed by atoms with Gasteiger partial charge in [-0.2, -0.15) is 0 Å². The average molecular weight is 231 g/mol. The molecule has 2 aromatic rings. The molecule has 0 aliphatic carbocycles. The van der Waals surface area contributed by atoms with Crippen molar-refractivity contribution in [3.8, 4) is 5.88 Å². The first-order chi connectivity index (χ1) is 8.40. The van der Waals surface area contributed by atoms with E-state index in [2.05, 4.69) is 14.7 Å². The summed E-state index contributed by atoms with van der Waals surface area (Å²) in [5, 5.41) is 3.39. The summed E-state index contributed by atoms with van der Waals surface area (Å²) < 4.78 is 7.56. The van der Waals surface area contributed by atoms with Crippen molar-refractivity contribution in [3.63, 3.8) is 0 Å². The van der Waals surface area contributed by atoms with Gasteiger partial charge in [-0.25, -0.2) is 4.98 Å². The maximum absolute atomic E-state index is 5.42. The monoisotopic (exact) mass is 231 g/mol. The first-order valence-corrected chi connectivity index (χ1v) is 6.11. The average Bonchev–Trinajstić information content (AvgIpc) is 2.83. The van der Waals surface area contributed by atoms with Crippen LogP contribution in [0.15, 0.2) is 24.4 Å². The first-order valence-electron chi connectivity index (χ1n) is 6.11. The number of pyridine rings is 1. The van der Waals surface area contributed by atoms with Gasteiger partial charge in [0.05, 0.1) is 7.11 Å². The summed E-state index contributed by atoms with van der Waals surface area (Å²) in [6, 6.07) is 5.99. The van der Waals surface area contributed by atoms with E-state index in [0.717, 1.165) is 24.6 Å². The van der Waals surface area contributed by atoms with Gasteiger partial charge in [0.2, 0.25) is 0 Å². The van der Waals surface area contributed by atoms with Crippen LogP contribution < -0.4 is 10.1 Å². The lowest BCUT2D eigenvalue weighted by Crippen LogP contribution is -2.27. The molecule has 90 valence electrons. The van der Waals surface area contributed by atoms with Crippen LogP contribution in [0.2, 0.25) is 0 Å². The fraction of sp³-hybridized carbons (Fsp3) is 0.462. The second kappa shape index (κ2) is 4.37. The molecule has 1 N–H and O–H groups in total. The van der Waals surface area contributed by atoms with Crippen LogP contribution in [-0.2, 0) is 0 Å². The Kier molecular flexibility index (Phi) is 2.73. The minimum absolute atomic E-state index is 0.586. The Bertz CT molecular complexity index is 514. The SMILES string of the molecule is COc1cccc2ncc(C3CCNCC3)n12. The smallest absolute Gasteiger partial charge is 0.199 e. The van der Waals surface area contributed by atoms with Crippen molar-refractivity contribution in [1.82, 2.24) is 14.7 Å². The van der Waals surface area contributed by atoms with E-state index in [4.69, 9.17) is 4.74 Å². The maximum Gasteiger partial charge on any atom is 0.199 e. The third kappa shape index (κ3) is 1.78. The van der Waals surface area contributed by atoms with Crippen molar-refractivity contribution in [3.05, 3.63) is 30.1 Å². The summed E-state index contributed by atoms with van der Waals surface area (Å²) in [6.07, 6.45) is 4.34. The number of aromatic nitrogens is 2. The minimum Gasteiger partial charge on any atom is -0.482 e. The van der Waals surface area contributed by atoms with Gasteiger partial charge < -0.3 is 10.1 Å². The van der Waals surface area contributed by atoms with Gasteiger partial charge in [0, 0.05) is 17.8 Å². The molecule has 0 unspecified atom stereocenters. The number of hydrogen-bond donors (Lipinski definition) is 1. The normalized spacial score (nSPS) is 17.5. The zero-order chi connectivity index (χ0) is 11.7. The molecule has 1 aliphatic rings. The summed E-state index contributed by atoms with van der Waals surface area (Å²) >= 11 is 0. The van der Waals surface area contributed by atoms with Crippen LogP contribution in [0, 0.1) is 0 Å². The third-order valence-electron chi connectivity index (χ3n) is 3.49. The van der Waals surface area contributed by atoms with E-state index in [1.807, 2.05) is 24.4 Å². The van der Waals surface area contributed by atoms with Gasteiger partial charge in [0.25, 0.3) is 0 Å². The lowest BCUT2D eigenvalue weighted by molar-refractivity contribution is 0.384. The Balaban J connectivity index is 2.09. The van der Waals surface area contributed by atoms with Crippen LogP contribution in [0.25, 0.3) is 5.65 Å². The highest BCUT2D eigenvalue weighted by Crippen LogP contribution is 2.28. The summed E-state index contributed by atoms with van der Waals surface area (Å²) in [5.74, 6) is 1.45. The van der Waals surface area contributed by atoms with Crippen LogP contribution in [0.4, 0.5) is 0 Å². The predicted molar refractivity (Wildman–Crippen MR) is 66.6 cm³/mol.